The minimum Gasteiger partial charge on any atom is -0.320 e. The lowest BCUT2D eigenvalue weighted by molar-refractivity contribution is -0.941. The summed E-state index contributed by atoms with van der Waals surface area (Å²) < 4.78 is 1.34. The van der Waals surface area contributed by atoms with Crippen LogP contribution in [-0.2, 0) is 6.54 Å². The van der Waals surface area contributed by atoms with Crippen molar-refractivity contribution in [2.24, 2.45) is 0 Å². The fourth-order valence-corrected chi connectivity index (χ4v) is 8.00. The van der Waals surface area contributed by atoms with E-state index in [4.69, 9.17) is 0 Å². The van der Waals surface area contributed by atoms with Gasteiger partial charge in [-0.05, 0) is 96.3 Å². The van der Waals surface area contributed by atoms with Crippen molar-refractivity contribution >= 4 is 0 Å². The summed E-state index contributed by atoms with van der Waals surface area (Å²) in [6.07, 6.45) is 60.0. The van der Waals surface area contributed by atoms with Gasteiger partial charge in [0.05, 0.1) is 19.6 Å². The molecule has 0 aliphatic heterocycles. The van der Waals surface area contributed by atoms with Crippen LogP contribution in [0.5, 0.6) is 0 Å². The molecule has 0 saturated heterocycles. The van der Waals surface area contributed by atoms with Crippen LogP contribution in [0.2, 0.25) is 0 Å². The Hall–Kier alpha value is -1.60. The van der Waals surface area contributed by atoms with E-state index in [-0.39, 0.29) is 0 Å². The van der Waals surface area contributed by atoms with Gasteiger partial charge in [0.15, 0.2) is 0 Å². The highest BCUT2D eigenvalue weighted by Gasteiger charge is 2.26. The van der Waals surface area contributed by atoms with Crippen LogP contribution in [0.25, 0.3) is 0 Å². The van der Waals surface area contributed by atoms with Crippen LogP contribution in [0.3, 0.4) is 0 Å². The van der Waals surface area contributed by atoms with Crippen LogP contribution in [0.15, 0.2) is 66.8 Å². The first-order chi connectivity index (χ1) is 26.3. The highest BCUT2D eigenvalue weighted by Crippen LogP contribution is 2.23. The third-order valence-electron chi connectivity index (χ3n) is 11.5. The second kappa shape index (κ2) is 40.1. The third kappa shape index (κ3) is 33.5. The number of allylic oxidation sites excluding steroid dienone is 6. The van der Waals surface area contributed by atoms with Gasteiger partial charge in [-0.25, -0.2) is 0 Å². The van der Waals surface area contributed by atoms with Crippen molar-refractivity contribution < 1.29 is 4.48 Å². The van der Waals surface area contributed by atoms with Crippen LogP contribution in [0.1, 0.15) is 238 Å². The minimum absolute atomic E-state index is 1.24. The normalized spacial score (nSPS) is 12.4. The molecular weight excluding hydrogens is 639 g/mol. The average molecular weight is 733 g/mol. The summed E-state index contributed by atoms with van der Waals surface area (Å²) in [6.45, 7) is 12.3. The monoisotopic (exact) mass is 733 g/mol. The van der Waals surface area contributed by atoms with Gasteiger partial charge in [0, 0.05) is 5.56 Å². The number of benzene rings is 1. The van der Waals surface area contributed by atoms with Gasteiger partial charge in [0.1, 0.15) is 6.54 Å². The van der Waals surface area contributed by atoms with Crippen molar-refractivity contribution in [3.8, 4) is 0 Å². The first kappa shape index (κ1) is 49.4. The lowest BCUT2D eigenvalue weighted by Gasteiger charge is -2.39. The summed E-state index contributed by atoms with van der Waals surface area (Å²) in [7, 11) is 0. The molecule has 0 aliphatic rings. The van der Waals surface area contributed by atoms with E-state index >= 15 is 0 Å². The largest absolute Gasteiger partial charge is 0.320 e. The van der Waals surface area contributed by atoms with Crippen LogP contribution in [0, 0.1) is 0 Å². The van der Waals surface area contributed by atoms with E-state index < -0.39 is 0 Å². The summed E-state index contributed by atoms with van der Waals surface area (Å²) >= 11 is 0. The van der Waals surface area contributed by atoms with E-state index in [1.807, 2.05) is 0 Å². The molecule has 1 aromatic rings. The maximum Gasteiger partial charge on any atom is 0.104 e. The van der Waals surface area contributed by atoms with Crippen molar-refractivity contribution in [2.75, 3.05) is 19.6 Å². The Labute approximate surface area is 334 Å². The van der Waals surface area contributed by atoms with E-state index in [0.717, 1.165) is 0 Å². The second-order valence-electron chi connectivity index (χ2n) is 16.8. The van der Waals surface area contributed by atoms with Gasteiger partial charge in [-0.15, -0.1) is 0 Å². The fraction of sp³-hybridized carbons (Fsp3) is 0.769. The summed E-state index contributed by atoms with van der Waals surface area (Å²) in [5.74, 6) is 0. The van der Waals surface area contributed by atoms with Gasteiger partial charge in [-0.3, -0.25) is 0 Å². The van der Waals surface area contributed by atoms with E-state index in [9.17, 15) is 0 Å². The molecule has 0 atom stereocenters. The molecule has 53 heavy (non-hydrogen) atoms. The number of rotatable bonds is 41. The molecular formula is C52H94N+. The quantitative estimate of drug-likeness (QED) is 0.0357. The van der Waals surface area contributed by atoms with Gasteiger partial charge >= 0.3 is 0 Å². The van der Waals surface area contributed by atoms with Crippen molar-refractivity contribution in [3.05, 3.63) is 72.4 Å². The SMILES string of the molecule is CCCC/C=C/CCCCCCCCC[N+](CCCCCCCCC/C=C/CCCC)(CCCCCCCCC/C=C/CCCC)Cc1ccccc1. The van der Waals surface area contributed by atoms with Crippen molar-refractivity contribution in [1.82, 2.24) is 0 Å². The molecule has 0 aromatic heterocycles. The van der Waals surface area contributed by atoms with Crippen LogP contribution in [-0.4, -0.2) is 24.1 Å². The third-order valence-corrected chi connectivity index (χ3v) is 11.5. The van der Waals surface area contributed by atoms with E-state index in [0.29, 0.717) is 0 Å². The molecule has 306 valence electrons. The smallest absolute Gasteiger partial charge is 0.104 e. The molecule has 0 saturated carbocycles. The number of unbranched alkanes of at least 4 members (excludes halogenated alkanes) is 27. The molecule has 0 aliphatic carbocycles. The van der Waals surface area contributed by atoms with Gasteiger partial charge in [0.2, 0.25) is 0 Å². The Morgan fingerprint density at radius 1 is 0.321 bits per heavy atom. The maximum atomic E-state index is 2.43. The Bertz CT molecular complexity index is 837. The van der Waals surface area contributed by atoms with E-state index in [1.165, 1.54) is 243 Å². The molecule has 1 rings (SSSR count). The molecule has 0 radical (unpaired) electrons. The maximum absolute atomic E-state index is 2.43. The highest BCUT2D eigenvalue weighted by molar-refractivity contribution is 5.13. The molecule has 0 unspecified atom stereocenters. The average Bonchev–Trinajstić information content (AvgIpc) is 3.17. The Balaban J connectivity index is 2.55. The predicted octanol–water partition coefficient (Wildman–Crippen LogP) is 17.6. The topological polar surface area (TPSA) is 0 Å². The Morgan fingerprint density at radius 2 is 0.585 bits per heavy atom. The molecule has 1 aromatic carbocycles. The Kier molecular flexibility index (Phi) is 37.4. The minimum atomic E-state index is 1.24. The zero-order valence-electron chi connectivity index (χ0n) is 36.5. The lowest BCUT2D eigenvalue weighted by atomic mass is 10.0. The molecule has 0 heterocycles. The highest BCUT2D eigenvalue weighted by atomic mass is 15.3. The summed E-state index contributed by atoms with van der Waals surface area (Å²) in [6, 6.07) is 11.6. The molecule has 0 spiro atoms. The Morgan fingerprint density at radius 3 is 0.887 bits per heavy atom. The number of hydrogen-bond acceptors (Lipinski definition) is 0. The van der Waals surface area contributed by atoms with Crippen LogP contribution >= 0.6 is 0 Å². The molecule has 1 nitrogen and oxygen atoms in total. The number of quaternary nitrogens is 1. The lowest BCUT2D eigenvalue weighted by Crippen LogP contribution is -2.49. The number of hydrogen-bond donors (Lipinski definition) is 0. The van der Waals surface area contributed by atoms with Crippen LogP contribution < -0.4 is 0 Å². The van der Waals surface area contributed by atoms with Crippen molar-refractivity contribution in [2.45, 2.75) is 239 Å². The molecule has 0 N–H and O–H groups in total. The molecule has 0 amide bonds. The summed E-state index contributed by atoms with van der Waals surface area (Å²) in [4.78, 5) is 0. The van der Waals surface area contributed by atoms with E-state index in [2.05, 4.69) is 87.6 Å². The number of nitrogens with zero attached hydrogens (tertiary/aromatic N) is 1. The predicted molar refractivity (Wildman–Crippen MR) is 242 cm³/mol. The first-order valence-corrected chi connectivity index (χ1v) is 24.1. The van der Waals surface area contributed by atoms with Crippen molar-refractivity contribution in [3.63, 3.8) is 0 Å². The summed E-state index contributed by atoms with van der Waals surface area (Å²) in [5.41, 5.74) is 1.56. The second-order valence-corrected chi connectivity index (χ2v) is 16.8. The first-order valence-electron chi connectivity index (χ1n) is 24.1. The van der Waals surface area contributed by atoms with Crippen molar-refractivity contribution in [1.29, 1.82) is 0 Å². The zero-order chi connectivity index (χ0) is 38.0. The van der Waals surface area contributed by atoms with Gasteiger partial charge in [-0.2, -0.15) is 0 Å². The van der Waals surface area contributed by atoms with Gasteiger partial charge in [-0.1, -0.05) is 203 Å². The fourth-order valence-electron chi connectivity index (χ4n) is 8.00. The van der Waals surface area contributed by atoms with Gasteiger partial charge < -0.3 is 4.48 Å². The van der Waals surface area contributed by atoms with Crippen LogP contribution in [0.4, 0.5) is 0 Å². The standard InChI is InChI=1S/C52H94N/c1-4-7-10-13-16-19-22-25-28-31-34-37-43-48-53(51-52-46-41-40-42-47-52,49-44-38-35-32-29-26-23-20-17-14-11-8-5-2)50-45-39-36-33-30-27-24-21-18-15-12-9-6-3/h13-18,40-42,46-47H,4-12,19-39,43-45,48-51H2,1-3H3/q+1/b16-13+,17-14+,18-15+. The molecule has 1 heteroatoms. The molecule has 0 fully saturated rings. The molecule has 0 bridgehead atoms. The zero-order valence-corrected chi connectivity index (χ0v) is 36.5. The van der Waals surface area contributed by atoms with Gasteiger partial charge in [0.25, 0.3) is 0 Å². The van der Waals surface area contributed by atoms with E-state index in [1.54, 1.807) is 5.56 Å². The summed E-state index contributed by atoms with van der Waals surface area (Å²) in [5, 5.41) is 0.